The Morgan fingerprint density at radius 2 is 1.73 bits per heavy atom. The third-order valence-corrected chi connectivity index (χ3v) is 8.69. The van der Waals surface area contributed by atoms with E-state index in [0.29, 0.717) is 17.8 Å². The van der Waals surface area contributed by atoms with Gasteiger partial charge >= 0.3 is 0 Å². The number of hydrogen-bond donors (Lipinski definition) is 2. The van der Waals surface area contributed by atoms with E-state index < -0.39 is 0 Å². The van der Waals surface area contributed by atoms with Gasteiger partial charge in [-0.2, -0.15) is 0 Å². The molecule has 2 N–H and O–H groups in total. The summed E-state index contributed by atoms with van der Waals surface area (Å²) in [7, 11) is 0. The van der Waals surface area contributed by atoms with Crippen LogP contribution >= 0.6 is 0 Å². The molecule has 2 nitrogen and oxygen atoms in total. The van der Waals surface area contributed by atoms with E-state index in [1.807, 2.05) is 0 Å². The van der Waals surface area contributed by atoms with Crippen LogP contribution in [-0.4, -0.2) is 22.4 Å². The third-order valence-electron chi connectivity index (χ3n) is 8.69. The zero-order valence-electron chi connectivity index (χ0n) is 14.4. The van der Waals surface area contributed by atoms with Gasteiger partial charge < -0.3 is 10.2 Å². The highest BCUT2D eigenvalue weighted by atomic mass is 16.3. The van der Waals surface area contributed by atoms with Crippen LogP contribution in [0.4, 0.5) is 0 Å². The predicted molar refractivity (Wildman–Crippen MR) is 88.3 cm³/mol. The summed E-state index contributed by atoms with van der Waals surface area (Å²) in [6, 6.07) is 0. The lowest BCUT2D eigenvalue weighted by atomic mass is 9.40. The zero-order chi connectivity index (χ0) is 15.9. The van der Waals surface area contributed by atoms with Gasteiger partial charge in [-0.3, -0.25) is 0 Å². The molecule has 4 fully saturated rings. The van der Waals surface area contributed by atoms with Gasteiger partial charge in [-0.15, -0.1) is 0 Å². The molecule has 1 spiro atoms. The molecular weight excluding hydrogens is 272 g/mol. The van der Waals surface area contributed by atoms with Crippen molar-refractivity contribution in [3.05, 3.63) is 12.2 Å². The minimum Gasteiger partial charge on any atom is -0.393 e. The Labute approximate surface area is 135 Å². The van der Waals surface area contributed by atoms with Gasteiger partial charge in [-0.05, 0) is 73.5 Å². The van der Waals surface area contributed by atoms with Gasteiger partial charge in [0.25, 0.3) is 0 Å². The van der Waals surface area contributed by atoms with Gasteiger partial charge in [0.2, 0.25) is 0 Å². The van der Waals surface area contributed by atoms with Crippen molar-refractivity contribution < 1.29 is 10.2 Å². The number of aliphatic hydroxyl groups is 2. The lowest BCUT2D eigenvalue weighted by Crippen LogP contribution is -2.63. The second-order valence-electron chi connectivity index (χ2n) is 9.78. The average molecular weight is 304 g/mol. The Hall–Kier alpha value is -0.340. The van der Waals surface area contributed by atoms with Gasteiger partial charge in [0.1, 0.15) is 0 Å². The molecule has 4 rings (SSSR count). The molecule has 4 saturated carbocycles. The summed E-state index contributed by atoms with van der Waals surface area (Å²) < 4.78 is 0. The molecule has 2 heteroatoms. The van der Waals surface area contributed by atoms with Gasteiger partial charge in [-0.25, -0.2) is 0 Å². The molecule has 0 unspecified atom stereocenters. The quantitative estimate of drug-likeness (QED) is 0.666. The SMILES string of the molecule is C=C1C[C@]23C[C@H]1CC[C@H]2[C@]1(C)CC[C@@H](O)C(C)(C)[C@H]1C[C@@H]3O. The highest BCUT2D eigenvalue weighted by Gasteiger charge is 2.67. The Bertz CT molecular complexity index is 510. The maximum absolute atomic E-state index is 11.1. The van der Waals surface area contributed by atoms with Gasteiger partial charge in [0.15, 0.2) is 0 Å². The van der Waals surface area contributed by atoms with Crippen LogP contribution in [-0.2, 0) is 0 Å². The second kappa shape index (κ2) is 4.39. The molecule has 0 aromatic carbocycles. The molecule has 124 valence electrons. The van der Waals surface area contributed by atoms with E-state index in [9.17, 15) is 10.2 Å². The van der Waals surface area contributed by atoms with Crippen molar-refractivity contribution in [1.82, 2.24) is 0 Å². The van der Waals surface area contributed by atoms with Crippen molar-refractivity contribution in [3.63, 3.8) is 0 Å². The van der Waals surface area contributed by atoms with Gasteiger partial charge in [0, 0.05) is 5.41 Å². The summed E-state index contributed by atoms with van der Waals surface area (Å²) in [6.45, 7) is 11.3. The molecule has 0 aromatic heterocycles. The Balaban J connectivity index is 1.78. The fourth-order valence-corrected chi connectivity index (χ4v) is 7.47. The van der Waals surface area contributed by atoms with Crippen molar-refractivity contribution in [3.8, 4) is 0 Å². The molecule has 7 atom stereocenters. The van der Waals surface area contributed by atoms with E-state index in [1.54, 1.807) is 0 Å². The van der Waals surface area contributed by atoms with E-state index in [4.69, 9.17) is 0 Å². The second-order valence-corrected chi connectivity index (χ2v) is 9.78. The summed E-state index contributed by atoms with van der Waals surface area (Å²) in [5.74, 6) is 1.70. The van der Waals surface area contributed by atoms with E-state index in [-0.39, 0.29) is 28.5 Å². The molecular formula is C20H32O2. The summed E-state index contributed by atoms with van der Waals surface area (Å²) in [5, 5.41) is 21.7. The smallest absolute Gasteiger partial charge is 0.0605 e. The average Bonchev–Trinajstić information content (AvgIpc) is 2.70. The molecule has 2 bridgehead atoms. The first-order chi connectivity index (χ1) is 10.2. The van der Waals surface area contributed by atoms with Crippen LogP contribution in [0.15, 0.2) is 12.2 Å². The van der Waals surface area contributed by atoms with Crippen LogP contribution in [0.2, 0.25) is 0 Å². The van der Waals surface area contributed by atoms with Crippen LogP contribution in [0.25, 0.3) is 0 Å². The monoisotopic (exact) mass is 304 g/mol. The third kappa shape index (κ3) is 1.64. The molecule has 0 aromatic rings. The number of rotatable bonds is 0. The molecule has 0 radical (unpaired) electrons. The maximum Gasteiger partial charge on any atom is 0.0605 e. The number of fused-ring (bicyclic) bond motifs is 3. The summed E-state index contributed by atoms with van der Waals surface area (Å²) in [5.41, 5.74) is 1.70. The van der Waals surface area contributed by atoms with Gasteiger partial charge in [0.05, 0.1) is 12.2 Å². The van der Waals surface area contributed by atoms with E-state index in [0.717, 1.165) is 25.7 Å². The van der Waals surface area contributed by atoms with Crippen LogP contribution in [0, 0.1) is 34.0 Å². The summed E-state index contributed by atoms with van der Waals surface area (Å²) in [6.07, 6.45) is 7.23. The molecule has 0 amide bonds. The largest absolute Gasteiger partial charge is 0.393 e. The standard InChI is InChI=1S/C20H32O2/c1-12-10-20-11-13(12)5-6-14(20)19(4)8-7-16(21)18(2,3)15(19)9-17(20)22/h13-17,21-22H,1,5-11H2,2-4H3/t13-,14+,15-,16-,17+,19+,20+/m1/s1. The van der Waals surface area contributed by atoms with E-state index in [1.165, 1.54) is 24.8 Å². The fraction of sp³-hybridized carbons (Fsp3) is 0.900. The van der Waals surface area contributed by atoms with Gasteiger partial charge in [-0.1, -0.05) is 32.9 Å². The number of hydrogen-bond acceptors (Lipinski definition) is 2. The molecule has 0 heterocycles. The molecule has 4 aliphatic rings. The van der Waals surface area contributed by atoms with Crippen molar-refractivity contribution >= 4 is 0 Å². The van der Waals surface area contributed by atoms with Crippen molar-refractivity contribution in [2.75, 3.05) is 0 Å². The first-order valence-corrected chi connectivity index (χ1v) is 9.25. The zero-order valence-corrected chi connectivity index (χ0v) is 14.4. The topological polar surface area (TPSA) is 40.5 Å². The first kappa shape index (κ1) is 15.2. The fourth-order valence-electron chi connectivity index (χ4n) is 7.47. The Morgan fingerprint density at radius 1 is 1.00 bits per heavy atom. The van der Waals surface area contributed by atoms with Crippen LogP contribution < -0.4 is 0 Å². The van der Waals surface area contributed by atoms with Crippen LogP contribution in [0.1, 0.15) is 65.7 Å². The molecule has 0 saturated heterocycles. The highest BCUT2D eigenvalue weighted by Crippen LogP contribution is 2.71. The Kier molecular flexibility index (Phi) is 3.03. The summed E-state index contributed by atoms with van der Waals surface area (Å²) >= 11 is 0. The van der Waals surface area contributed by atoms with Crippen LogP contribution in [0.5, 0.6) is 0 Å². The minimum atomic E-state index is -0.221. The van der Waals surface area contributed by atoms with Crippen molar-refractivity contribution in [2.24, 2.45) is 34.0 Å². The van der Waals surface area contributed by atoms with Crippen LogP contribution in [0.3, 0.4) is 0 Å². The van der Waals surface area contributed by atoms with E-state index in [2.05, 4.69) is 27.4 Å². The maximum atomic E-state index is 11.1. The predicted octanol–water partition coefficient (Wildman–Crippen LogP) is 3.92. The molecule has 22 heavy (non-hydrogen) atoms. The van der Waals surface area contributed by atoms with E-state index >= 15 is 0 Å². The summed E-state index contributed by atoms with van der Waals surface area (Å²) in [4.78, 5) is 0. The highest BCUT2D eigenvalue weighted by molar-refractivity contribution is 5.24. The number of allylic oxidation sites excluding steroid dienone is 1. The lowest BCUT2D eigenvalue weighted by molar-refractivity contribution is -0.218. The molecule has 4 aliphatic carbocycles. The Morgan fingerprint density at radius 3 is 2.45 bits per heavy atom. The van der Waals surface area contributed by atoms with Crippen molar-refractivity contribution in [1.29, 1.82) is 0 Å². The minimum absolute atomic E-state index is 0.0813. The lowest BCUT2D eigenvalue weighted by Gasteiger charge is -2.66. The number of aliphatic hydroxyl groups excluding tert-OH is 2. The molecule has 0 aliphatic heterocycles. The van der Waals surface area contributed by atoms with Crippen molar-refractivity contribution in [2.45, 2.75) is 77.9 Å². The first-order valence-electron chi connectivity index (χ1n) is 9.25. The normalized spacial score (nSPS) is 56.4.